The van der Waals surface area contributed by atoms with Gasteiger partial charge in [0.25, 0.3) is 0 Å². The van der Waals surface area contributed by atoms with E-state index in [2.05, 4.69) is 31.7 Å². The number of hydrogen-bond donors (Lipinski definition) is 0. The maximum absolute atomic E-state index is 15.0. The Bertz CT molecular complexity index is 844. The molecule has 3 rings (SSSR count). The molecule has 0 radical (unpaired) electrons. The molecule has 0 nitrogen and oxygen atoms in total. The highest BCUT2D eigenvalue weighted by Crippen LogP contribution is 2.30. The number of halogens is 1. The second kappa shape index (κ2) is 7.44. The quantitative estimate of drug-likeness (QED) is 0.443. The van der Waals surface area contributed by atoms with Crippen LogP contribution < -0.4 is 0 Å². The average molecular weight is 318 g/mol. The summed E-state index contributed by atoms with van der Waals surface area (Å²) in [7, 11) is 0. The fraction of sp³-hybridized carbons (Fsp3) is 0.217. The number of fused-ring (bicyclic) bond motifs is 1. The minimum Gasteiger partial charge on any atom is -0.206 e. The van der Waals surface area contributed by atoms with Gasteiger partial charge in [-0.1, -0.05) is 74.0 Å². The van der Waals surface area contributed by atoms with Gasteiger partial charge in [0.05, 0.1) is 0 Å². The van der Waals surface area contributed by atoms with E-state index < -0.39 is 0 Å². The molecule has 3 aromatic carbocycles. The predicted octanol–water partition coefficient (Wildman–Crippen LogP) is 6.72. The van der Waals surface area contributed by atoms with Crippen LogP contribution in [0.5, 0.6) is 0 Å². The van der Waals surface area contributed by atoms with Crippen LogP contribution in [0.1, 0.15) is 30.9 Å². The normalized spacial score (nSPS) is 10.9. The van der Waals surface area contributed by atoms with Crippen LogP contribution in [0, 0.1) is 5.82 Å². The smallest absolute Gasteiger partial charge is 0.138 e. The Balaban J connectivity index is 1.97. The van der Waals surface area contributed by atoms with Crippen molar-refractivity contribution in [2.75, 3.05) is 0 Å². The third kappa shape index (κ3) is 3.41. The van der Waals surface area contributed by atoms with Gasteiger partial charge in [-0.25, -0.2) is 4.39 Å². The lowest BCUT2D eigenvalue weighted by molar-refractivity contribution is 0.643. The van der Waals surface area contributed by atoms with Crippen LogP contribution in [0.2, 0.25) is 0 Å². The summed E-state index contributed by atoms with van der Waals surface area (Å²) in [5.41, 5.74) is 4.13. The number of allylic oxidation sites excluding steroid dienone is 1. The molecule has 3 aromatic rings. The van der Waals surface area contributed by atoms with Gasteiger partial charge in [0.15, 0.2) is 0 Å². The molecule has 0 saturated heterocycles. The molecule has 0 fully saturated rings. The van der Waals surface area contributed by atoms with E-state index in [0.29, 0.717) is 10.9 Å². The molecule has 0 heterocycles. The van der Waals surface area contributed by atoms with Gasteiger partial charge in [-0.15, -0.1) is 6.58 Å². The standard InChI is InChI=1S/C23H23F/c1-3-5-7-18-10-14-22-20(16-18)13-15-21(23(22)24)19-11-8-17(6-4-2)9-12-19/h3,8-16H,1,4-7H2,2H3. The molecule has 0 spiro atoms. The fourth-order valence-electron chi connectivity index (χ4n) is 3.13. The molecule has 0 atom stereocenters. The van der Waals surface area contributed by atoms with Crippen molar-refractivity contribution in [2.24, 2.45) is 0 Å². The van der Waals surface area contributed by atoms with E-state index in [1.807, 2.05) is 42.5 Å². The first-order valence-electron chi connectivity index (χ1n) is 8.64. The lowest BCUT2D eigenvalue weighted by Gasteiger charge is -2.09. The van der Waals surface area contributed by atoms with Gasteiger partial charge in [0, 0.05) is 10.9 Å². The van der Waals surface area contributed by atoms with E-state index in [0.717, 1.165) is 36.6 Å². The summed E-state index contributed by atoms with van der Waals surface area (Å²) in [5.74, 6) is -0.133. The summed E-state index contributed by atoms with van der Waals surface area (Å²) in [6, 6.07) is 18.1. The van der Waals surface area contributed by atoms with Crippen LogP contribution in [0.15, 0.2) is 67.3 Å². The first-order valence-corrected chi connectivity index (χ1v) is 8.64. The van der Waals surface area contributed by atoms with Crippen molar-refractivity contribution in [3.8, 4) is 11.1 Å². The predicted molar refractivity (Wildman–Crippen MR) is 102 cm³/mol. The molecular weight excluding hydrogens is 295 g/mol. The molecule has 122 valence electrons. The average Bonchev–Trinajstić information content (AvgIpc) is 2.61. The zero-order chi connectivity index (χ0) is 16.9. The monoisotopic (exact) mass is 318 g/mol. The van der Waals surface area contributed by atoms with Gasteiger partial charge < -0.3 is 0 Å². The zero-order valence-electron chi connectivity index (χ0n) is 14.2. The maximum Gasteiger partial charge on any atom is 0.138 e. The van der Waals surface area contributed by atoms with Crippen LogP contribution >= 0.6 is 0 Å². The Labute approximate surface area is 143 Å². The minimum absolute atomic E-state index is 0.133. The first-order chi connectivity index (χ1) is 11.7. The van der Waals surface area contributed by atoms with Crippen LogP contribution in [-0.2, 0) is 12.8 Å². The van der Waals surface area contributed by atoms with Crippen molar-refractivity contribution >= 4 is 10.8 Å². The van der Waals surface area contributed by atoms with Gasteiger partial charge in [-0.2, -0.15) is 0 Å². The van der Waals surface area contributed by atoms with Gasteiger partial charge in [-0.3, -0.25) is 0 Å². The number of benzene rings is 3. The van der Waals surface area contributed by atoms with E-state index in [4.69, 9.17) is 0 Å². The van der Waals surface area contributed by atoms with E-state index in [-0.39, 0.29) is 5.82 Å². The van der Waals surface area contributed by atoms with Crippen LogP contribution in [0.3, 0.4) is 0 Å². The van der Waals surface area contributed by atoms with E-state index >= 15 is 0 Å². The van der Waals surface area contributed by atoms with Crippen molar-refractivity contribution in [1.82, 2.24) is 0 Å². The fourth-order valence-corrected chi connectivity index (χ4v) is 3.13. The molecule has 0 aliphatic rings. The Hall–Kier alpha value is -2.41. The Morgan fingerprint density at radius 3 is 2.38 bits per heavy atom. The van der Waals surface area contributed by atoms with E-state index in [1.54, 1.807) is 0 Å². The minimum atomic E-state index is -0.133. The van der Waals surface area contributed by atoms with Crippen LogP contribution in [0.4, 0.5) is 4.39 Å². The number of rotatable bonds is 6. The highest BCUT2D eigenvalue weighted by Gasteiger charge is 2.10. The summed E-state index contributed by atoms with van der Waals surface area (Å²) in [5, 5.41) is 1.65. The van der Waals surface area contributed by atoms with Crippen molar-refractivity contribution in [1.29, 1.82) is 0 Å². The summed E-state index contributed by atoms with van der Waals surface area (Å²) in [6.45, 7) is 5.92. The van der Waals surface area contributed by atoms with Crippen molar-refractivity contribution in [3.05, 3.63) is 84.2 Å². The second-order valence-electron chi connectivity index (χ2n) is 6.26. The lowest BCUT2D eigenvalue weighted by atomic mass is 9.97. The maximum atomic E-state index is 15.0. The molecule has 0 unspecified atom stereocenters. The topological polar surface area (TPSA) is 0 Å². The zero-order valence-corrected chi connectivity index (χ0v) is 14.2. The Morgan fingerprint density at radius 2 is 1.67 bits per heavy atom. The van der Waals surface area contributed by atoms with Crippen molar-refractivity contribution < 1.29 is 4.39 Å². The summed E-state index contributed by atoms with van der Waals surface area (Å²) >= 11 is 0. The summed E-state index contributed by atoms with van der Waals surface area (Å²) in [4.78, 5) is 0. The molecular formula is C23H23F. The third-order valence-electron chi connectivity index (χ3n) is 4.46. The molecule has 0 aliphatic carbocycles. The van der Waals surface area contributed by atoms with Crippen LogP contribution in [-0.4, -0.2) is 0 Å². The van der Waals surface area contributed by atoms with Gasteiger partial charge in [0.1, 0.15) is 5.82 Å². The van der Waals surface area contributed by atoms with Crippen LogP contribution in [0.25, 0.3) is 21.9 Å². The Kier molecular flexibility index (Phi) is 5.10. The van der Waals surface area contributed by atoms with E-state index in [1.165, 1.54) is 11.1 Å². The highest BCUT2D eigenvalue weighted by molar-refractivity contribution is 5.88. The summed E-state index contributed by atoms with van der Waals surface area (Å²) in [6.07, 6.45) is 5.99. The Morgan fingerprint density at radius 1 is 0.917 bits per heavy atom. The highest BCUT2D eigenvalue weighted by atomic mass is 19.1. The number of hydrogen-bond acceptors (Lipinski definition) is 0. The number of aryl methyl sites for hydroxylation is 2. The summed E-state index contributed by atoms with van der Waals surface area (Å²) < 4.78 is 15.0. The second-order valence-corrected chi connectivity index (χ2v) is 6.26. The van der Waals surface area contributed by atoms with E-state index in [9.17, 15) is 4.39 Å². The lowest BCUT2D eigenvalue weighted by Crippen LogP contribution is -1.90. The third-order valence-corrected chi connectivity index (χ3v) is 4.46. The van der Waals surface area contributed by atoms with Gasteiger partial charge >= 0.3 is 0 Å². The molecule has 0 N–H and O–H groups in total. The first kappa shape index (κ1) is 16.4. The molecule has 1 heteroatoms. The molecule has 0 saturated carbocycles. The molecule has 0 bridgehead atoms. The molecule has 0 aliphatic heterocycles. The SMILES string of the molecule is C=CCCc1ccc2c(F)c(-c3ccc(CCC)cc3)ccc2c1. The van der Waals surface area contributed by atoms with Gasteiger partial charge in [-0.05, 0) is 41.3 Å². The van der Waals surface area contributed by atoms with Gasteiger partial charge in [0.2, 0.25) is 0 Å². The van der Waals surface area contributed by atoms with Crippen molar-refractivity contribution in [2.45, 2.75) is 32.6 Å². The molecule has 0 aromatic heterocycles. The van der Waals surface area contributed by atoms with Crippen molar-refractivity contribution in [3.63, 3.8) is 0 Å². The molecule has 0 amide bonds. The molecule has 24 heavy (non-hydrogen) atoms. The largest absolute Gasteiger partial charge is 0.206 e.